The number of nitrogens with zero attached hydrogens (tertiary/aromatic N) is 1. The summed E-state index contributed by atoms with van der Waals surface area (Å²) in [4.78, 5) is 23.4. The average molecular weight is 234 g/mol. The molecule has 16 heavy (non-hydrogen) atoms. The summed E-state index contributed by atoms with van der Waals surface area (Å²) in [5.74, 6) is -1.27. The largest absolute Gasteiger partial charge is 0.480 e. The van der Waals surface area contributed by atoms with Gasteiger partial charge >= 0.3 is 12.0 Å². The molecule has 0 saturated heterocycles. The number of hydrogen-bond donors (Lipinski definition) is 3. The van der Waals surface area contributed by atoms with Crippen molar-refractivity contribution in [3.63, 3.8) is 0 Å². The first-order valence-electron chi connectivity index (χ1n) is 4.80. The maximum Gasteiger partial charge on any atom is 0.328 e. The molecule has 0 aliphatic carbocycles. The van der Waals surface area contributed by atoms with E-state index in [0.717, 1.165) is 0 Å². The highest BCUT2D eigenvalue weighted by Gasteiger charge is 2.22. The molecule has 0 radical (unpaired) electrons. The summed E-state index contributed by atoms with van der Waals surface area (Å²) in [6.07, 6.45) is 0. The number of aliphatic hydroxyl groups is 1. The van der Waals surface area contributed by atoms with E-state index >= 15 is 0 Å². The van der Waals surface area contributed by atoms with Gasteiger partial charge < -0.3 is 25.2 Å². The quantitative estimate of drug-likeness (QED) is 0.553. The summed E-state index contributed by atoms with van der Waals surface area (Å²) in [6.45, 7) is 1.46. The molecule has 2 atom stereocenters. The molecule has 0 rings (SSSR count). The molecular formula is C9H18N2O5. The van der Waals surface area contributed by atoms with Gasteiger partial charge in [0.15, 0.2) is 6.04 Å². The minimum Gasteiger partial charge on any atom is -0.480 e. The zero-order chi connectivity index (χ0) is 12.7. The van der Waals surface area contributed by atoms with Crippen molar-refractivity contribution in [2.45, 2.75) is 19.0 Å². The number of carbonyl (C=O) groups excluding carboxylic acids is 1. The van der Waals surface area contributed by atoms with Crippen molar-refractivity contribution < 1.29 is 24.5 Å². The Kier molecular flexibility index (Phi) is 6.43. The Labute approximate surface area is 94.0 Å². The molecule has 94 valence electrons. The number of carboxylic acid groups (broad SMARTS) is 1. The zero-order valence-corrected chi connectivity index (χ0v) is 9.64. The summed E-state index contributed by atoms with van der Waals surface area (Å²) in [7, 11) is 3.03. The maximum atomic E-state index is 11.5. The van der Waals surface area contributed by atoms with Crippen LogP contribution in [-0.2, 0) is 9.53 Å². The number of ether oxygens (including phenoxy) is 1. The number of rotatable bonds is 6. The number of methoxy groups -OCH3 is 1. The second kappa shape index (κ2) is 7.02. The van der Waals surface area contributed by atoms with Crippen LogP contribution in [0.5, 0.6) is 0 Å². The lowest BCUT2D eigenvalue weighted by Gasteiger charge is -2.25. The van der Waals surface area contributed by atoms with Crippen molar-refractivity contribution in [1.29, 1.82) is 0 Å². The van der Waals surface area contributed by atoms with Gasteiger partial charge in [-0.15, -0.1) is 0 Å². The highest BCUT2D eigenvalue weighted by atomic mass is 16.5. The lowest BCUT2D eigenvalue weighted by molar-refractivity contribution is -0.140. The van der Waals surface area contributed by atoms with Crippen LogP contribution >= 0.6 is 0 Å². The molecule has 7 nitrogen and oxygen atoms in total. The first kappa shape index (κ1) is 14.7. The molecular weight excluding hydrogens is 216 g/mol. The molecule has 0 aliphatic rings. The predicted octanol–water partition coefficient (Wildman–Crippen LogP) is -0.892. The van der Waals surface area contributed by atoms with Crippen LogP contribution in [0.15, 0.2) is 0 Å². The third-order valence-corrected chi connectivity index (χ3v) is 2.17. The van der Waals surface area contributed by atoms with Gasteiger partial charge in [0.05, 0.1) is 19.3 Å². The number of nitrogens with one attached hydrogen (secondary N) is 1. The van der Waals surface area contributed by atoms with Crippen molar-refractivity contribution >= 4 is 12.0 Å². The van der Waals surface area contributed by atoms with Crippen molar-refractivity contribution in [3.05, 3.63) is 0 Å². The molecule has 3 N–H and O–H groups in total. The van der Waals surface area contributed by atoms with E-state index < -0.39 is 24.6 Å². The van der Waals surface area contributed by atoms with Crippen LogP contribution in [0.25, 0.3) is 0 Å². The van der Waals surface area contributed by atoms with Gasteiger partial charge in [-0.2, -0.15) is 0 Å². The molecule has 7 heteroatoms. The fourth-order valence-electron chi connectivity index (χ4n) is 0.990. The monoisotopic (exact) mass is 234 g/mol. The summed E-state index contributed by atoms with van der Waals surface area (Å²) < 4.78 is 4.87. The minimum absolute atomic E-state index is 0.182. The predicted molar refractivity (Wildman–Crippen MR) is 56.1 cm³/mol. The lowest BCUT2D eigenvalue weighted by atomic mass is 10.3. The smallest absolute Gasteiger partial charge is 0.328 e. The molecule has 0 aromatic rings. The molecule has 0 saturated carbocycles. The fourth-order valence-corrected chi connectivity index (χ4v) is 0.990. The topological polar surface area (TPSA) is 99.1 Å². The zero-order valence-electron chi connectivity index (χ0n) is 9.64. The Morgan fingerprint density at radius 1 is 1.50 bits per heavy atom. The highest BCUT2D eigenvalue weighted by Crippen LogP contribution is 1.97. The third kappa shape index (κ3) is 4.45. The van der Waals surface area contributed by atoms with Crippen LogP contribution in [0, 0.1) is 0 Å². The van der Waals surface area contributed by atoms with Crippen LogP contribution in [0.4, 0.5) is 4.79 Å². The van der Waals surface area contributed by atoms with E-state index in [1.165, 1.54) is 19.1 Å². The Balaban J connectivity index is 4.28. The minimum atomic E-state index is -1.29. The summed E-state index contributed by atoms with van der Waals surface area (Å²) in [5, 5.41) is 19.5. The van der Waals surface area contributed by atoms with Crippen LogP contribution in [0.2, 0.25) is 0 Å². The molecule has 0 aromatic carbocycles. The van der Waals surface area contributed by atoms with E-state index in [9.17, 15) is 9.59 Å². The molecule has 0 aromatic heterocycles. The number of hydrogen-bond acceptors (Lipinski definition) is 4. The molecule has 2 amide bonds. The fraction of sp³-hybridized carbons (Fsp3) is 0.778. The number of carbonyl (C=O) groups is 2. The Morgan fingerprint density at radius 3 is 2.44 bits per heavy atom. The van der Waals surface area contributed by atoms with Gasteiger partial charge in [0.2, 0.25) is 0 Å². The van der Waals surface area contributed by atoms with Crippen molar-refractivity contribution in [1.82, 2.24) is 10.2 Å². The van der Waals surface area contributed by atoms with Crippen LogP contribution in [0.1, 0.15) is 6.92 Å². The first-order chi connectivity index (χ1) is 7.43. The van der Waals surface area contributed by atoms with E-state index in [1.807, 2.05) is 0 Å². The van der Waals surface area contributed by atoms with E-state index in [4.69, 9.17) is 14.9 Å². The van der Waals surface area contributed by atoms with Crippen molar-refractivity contribution in [3.8, 4) is 0 Å². The number of aliphatic carboxylic acids is 1. The first-order valence-corrected chi connectivity index (χ1v) is 4.80. The van der Waals surface area contributed by atoms with Gasteiger partial charge in [-0.05, 0) is 6.92 Å². The van der Waals surface area contributed by atoms with Gasteiger partial charge in [0, 0.05) is 14.2 Å². The molecule has 2 unspecified atom stereocenters. The molecule has 0 spiro atoms. The number of aliphatic hydroxyl groups excluding tert-OH is 1. The van der Waals surface area contributed by atoms with Crippen molar-refractivity contribution in [2.24, 2.45) is 0 Å². The third-order valence-electron chi connectivity index (χ3n) is 2.17. The van der Waals surface area contributed by atoms with Crippen LogP contribution in [0.3, 0.4) is 0 Å². The summed E-state index contributed by atoms with van der Waals surface area (Å²) >= 11 is 0. The second-order valence-electron chi connectivity index (χ2n) is 3.44. The average Bonchev–Trinajstić information content (AvgIpc) is 2.24. The summed E-state index contributed by atoms with van der Waals surface area (Å²) in [5.41, 5.74) is 0. The Bertz CT molecular complexity index is 246. The van der Waals surface area contributed by atoms with Gasteiger partial charge in [0.25, 0.3) is 0 Å². The van der Waals surface area contributed by atoms with Gasteiger partial charge in [-0.25, -0.2) is 9.59 Å². The number of likely N-dealkylation sites (N-methyl/N-ethyl adjacent to an activating group) is 1. The summed E-state index contributed by atoms with van der Waals surface area (Å²) in [6, 6.07) is -2.03. The van der Waals surface area contributed by atoms with Crippen LogP contribution in [-0.4, -0.2) is 66.6 Å². The van der Waals surface area contributed by atoms with Crippen molar-refractivity contribution in [2.75, 3.05) is 27.4 Å². The van der Waals surface area contributed by atoms with E-state index in [1.54, 1.807) is 6.92 Å². The molecule has 0 fully saturated rings. The van der Waals surface area contributed by atoms with Crippen LogP contribution < -0.4 is 5.32 Å². The maximum absolute atomic E-state index is 11.5. The normalized spacial score (nSPS) is 14.0. The Hall–Kier alpha value is -1.34. The number of carboxylic acids is 1. The number of urea groups is 1. The Morgan fingerprint density at radius 2 is 2.06 bits per heavy atom. The van der Waals surface area contributed by atoms with E-state index in [2.05, 4.69) is 5.32 Å². The second-order valence-corrected chi connectivity index (χ2v) is 3.44. The highest BCUT2D eigenvalue weighted by molar-refractivity contribution is 5.82. The molecule has 0 bridgehead atoms. The standard InChI is InChI=1S/C9H18N2O5/c1-6(5-16-3)11(2)9(15)10-7(4-12)8(13)14/h6-7,12H,4-5H2,1-3H3,(H,10,15)(H,13,14). The molecule has 0 heterocycles. The van der Waals surface area contributed by atoms with Gasteiger partial charge in [-0.1, -0.05) is 0 Å². The lowest BCUT2D eigenvalue weighted by Crippen LogP contribution is -2.51. The number of amides is 2. The molecule has 0 aliphatic heterocycles. The SMILES string of the molecule is COCC(C)N(C)C(=O)NC(CO)C(=O)O. The van der Waals surface area contributed by atoms with Gasteiger partial charge in [-0.3, -0.25) is 0 Å². The van der Waals surface area contributed by atoms with E-state index in [0.29, 0.717) is 6.61 Å². The van der Waals surface area contributed by atoms with Gasteiger partial charge in [0.1, 0.15) is 0 Å². The van der Waals surface area contributed by atoms with E-state index in [-0.39, 0.29) is 6.04 Å².